The highest BCUT2D eigenvalue weighted by atomic mass is 35.5. The summed E-state index contributed by atoms with van der Waals surface area (Å²) in [6.45, 7) is 0. The number of nitrogens with one attached hydrogen (secondary N) is 1. The molecule has 0 bridgehead atoms. The van der Waals surface area contributed by atoms with Crippen LogP contribution in [0.15, 0.2) is 30.5 Å². The van der Waals surface area contributed by atoms with E-state index in [4.69, 9.17) is 11.6 Å². The van der Waals surface area contributed by atoms with E-state index in [0.717, 1.165) is 11.3 Å². The van der Waals surface area contributed by atoms with E-state index in [-0.39, 0.29) is 11.9 Å². The maximum absolute atomic E-state index is 12.9. The molecule has 2 rings (SSSR count). The fourth-order valence-corrected chi connectivity index (χ4v) is 2.14. The second kappa shape index (κ2) is 4.85. The fraction of sp³-hybridized carbons (Fsp3) is 0.250. The molecule has 0 aliphatic carbocycles. The Morgan fingerprint density at radius 3 is 2.47 bits per heavy atom. The van der Waals surface area contributed by atoms with E-state index < -0.39 is 0 Å². The Bertz CT molecular complexity index is 487. The molecular formula is C12H13ClFN3. The highest BCUT2D eigenvalue weighted by Gasteiger charge is 2.19. The first kappa shape index (κ1) is 12.1. The van der Waals surface area contributed by atoms with Gasteiger partial charge in [-0.05, 0) is 24.7 Å². The zero-order chi connectivity index (χ0) is 12.4. The van der Waals surface area contributed by atoms with Crippen LogP contribution in [0.3, 0.4) is 0 Å². The number of hydrogen-bond acceptors (Lipinski definition) is 2. The van der Waals surface area contributed by atoms with Gasteiger partial charge in [0.05, 0.1) is 23.0 Å². The van der Waals surface area contributed by atoms with Gasteiger partial charge >= 0.3 is 0 Å². The van der Waals surface area contributed by atoms with Crippen LogP contribution in [-0.2, 0) is 7.05 Å². The standard InChI is InChI=1S/C12H13ClFN3/c1-15-11(8-3-5-9(14)6-4-8)12-10(13)7-16-17(12)2/h3-7,11,15H,1-2H3. The van der Waals surface area contributed by atoms with Crippen LogP contribution in [0.1, 0.15) is 17.3 Å². The van der Waals surface area contributed by atoms with Gasteiger partial charge < -0.3 is 5.32 Å². The summed E-state index contributed by atoms with van der Waals surface area (Å²) in [7, 11) is 3.66. The van der Waals surface area contributed by atoms with Gasteiger partial charge in [0, 0.05) is 7.05 Å². The largest absolute Gasteiger partial charge is 0.308 e. The summed E-state index contributed by atoms with van der Waals surface area (Å²) in [4.78, 5) is 0. The van der Waals surface area contributed by atoms with E-state index in [1.54, 1.807) is 23.0 Å². The smallest absolute Gasteiger partial charge is 0.123 e. The third-order valence-corrected chi connectivity index (χ3v) is 2.99. The van der Waals surface area contributed by atoms with Crippen LogP contribution in [0, 0.1) is 5.82 Å². The average Bonchev–Trinajstić information content (AvgIpc) is 2.64. The van der Waals surface area contributed by atoms with Crippen LogP contribution in [0.2, 0.25) is 5.02 Å². The molecular weight excluding hydrogens is 241 g/mol. The quantitative estimate of drug-likeness (QED) is 0.911. The average molecular weight is 254 g/mol. The number of nitrogens with zero attached hydrogens (tertiary/aromatic N) is 2. The Labute approximate surface area is 104 Å². The van der Waals surface area contributed by atoms with Crippen molar-refractivity contribution in [1.82, 2.24) is 15.1 Å². The van der Waals surface area contributed by atoms with E-state index in [1.807, 2.05) is 14.1 Å². The summed E-state index contributed by atoms with van der Waals surface area (Å²) in [6, 6.07) is 6.24. The van der Waals surface area contributed by atoms with E-state index in [1.165, 1.54) is 12.1 Å². The van der Waals surface area contributed by atoms with Crippen LogP contribution in [0.4, 0.5) is 4.39 Å². The van der Waals surface area contributed by atoms with Crippen molar-refractivity contribution in [1.29, 1.82) is 0 Å². The van der Waals surface area contributed by atoms with Crippen molar-refractivity contribution in [3.8, 4) is 0 Å². The number of aromatic nitrogens is 2. The van der Waals surface area contributed by atoms with Crippen LogP contribution in [0.5, 0.6) is 0 Å². The lowest BCUT2D eigenvalue weighted by Crippen LogP contribution is -2.21. The van der Waals surface area contributed by atoms with Crippen molar-refractivity contribution in [3.05, 3.63) is 52.6 Å². The van der Waals surface area contributed by atoms with Crippen LogP contribution in [-0.4, -0.2) is 16.8 Å². The van der Waals surface area contributed by atoms with Gasteiger partial charge in [0.25, 0.3) is 0 Å². The molecule has 1 atom stereocenters. The normalized spacial score (nSPS) is 12.7. The number of benzene rings is 1. The molecule has 5 heteroatoms. The summed E-state index contributed by atoms with van der Waals surface area (Å²) in [5.41, 5.74) is 1.81. The van der Waals surface area contributed by atoms with Gasteiger partial charge in [-0.2, -0.15) is 5.10 Å². The summed E-state index contributed by atoms with van der Waals surface area (Å²) in [5, 5.41) is 7.85. The molecule has 2 aromatic rings. The molecule has 0 radical (unpaired) electrons. The fourth-order valence-electron chi connectivity index (χ4n) is 1.86. The third-order valence-electron chi connectivity index (χ3n) is 2.70. The zero-order valence-corrected chi connectivity index (χ0v) is 10.4. The van der Waals surface area contributed by atoms with Crippen molar-refractivity contribution >= 4 is 11.6 Å². The molecule has 90 valence electrons. The SMILES string of the molecule is CNC(c1ccc(F)cc1)c1c(Cl)cnn1C. The first-order valence-corrected chi connectivity index (χ1v) is 5.61. The lowest BCUT2D eigenvalue weighted by molar-refractivity contribution is 0.599. The van der Waals surface area contributed by atoms with Gasteiger partial charge in [0.2, 0.25) is 0 Å². The minimum atomic E-state index is -0.250. The lowest BCUT2D eigenvalue weighted by atomic mass is 10.0. The molecule has 1 aromatic carbocycles. The highest BCUT2D eigenvalue weighted by molar-refractivity contribution is 6.31. The van der Waals surface area contributed by atoms with Gasteiger partial charge in [0.1, 0.15) is 5.82 Å². The summed E-state index contributed by atoms with van der Waals surface area (Å²) in [6.07, 6.45) is 1.60. The van der Waals surface area contributed by atoms with Crippen LogP contribution < -0.4 is 5.32 Å². The van der Waals surface area contributed by atoms with E-state index >= 15 is 0 Å². The predicted octanol–water partition coefficient (Wildman–Crippen LogP) is 2.52. The first-order valence-electron chi connectivity index (χ1n) is 5.23. The van der Waals surface area contributed by atoms with E-state index in [9.17, 15) is 4.39 Å². The Morgan fingerprint density at radius 1 is 1.35 bits per heavy atom. The van der Waals surface area contributed by atoms with Crippen molar-refractivity contribution in [3.63, 3.8) is 0 Å². The van der Waals surface area contributed by atoms with Crippen molar-refractivity contribution in [2.45, 2.75) is 6.04 Å². The predicted molar refractivity (Wildman–Crippen MR) is 65.5 cm³/mol. The van der Waals surface area contributed by atoms with Gasteiger partial charge in [0.15, 0.2) is 0 Å². The molecule has 0 saturated heterocycles. The van der Waals surface area contributed by atoms with E-state index in [2.05, 4.69) is 10.4 Å². The molecule has 0 spiro atoms. The second-order valence-corrected chi connectivity index (χ2v) is 4.18. The summed E-state index contributed by atoms with van der Waals surface area (Å²) >= 11 is 6.10. The maximum atomic E-state index is 12.9. The Balaban J connectivity index is 2.43. The van der Waals surface area contributed by atoms with Gasteiger partial charge in [-0.1, -0.05) is 23.7 Å². The minimum absolute atomic E-state index is 0.101. The molecule has 0 saturated carbocycles. The molecule has 0 aliphatic rings. The maximum Gasteiger partial charge on any atom is 0.123 e. The molecule has 3 nitrogen and oxygen atoms in total. The molecule has 1 unspecified atom stereocenters. The molecule has 1 N–H and O–H groups in total. The Hall–Kier alpha value is -1.39. The molecule has 17 heavy (non-hydrogen) atoms. The van der Waals surface area contributed by atoms with E-state index in [0.29, 0.717) is 5.02 Å². The number of aryl methyl sites for hydroxylation is 1. The number of hydrogen-bond donors (Lipinski definition) is 1. The van der Waals surface area contributed by atoms with Crippen molar-refractivity contribution in [2.24, 2.45) is 7.05 Å². The molecule has 0 fully saturated rings. The number of rotatable bonds is 3. The molecule has 1 aromatic heterocycles. The Morgan fingerprint density at radius 2 is 2.00 bits per heavy atom. The molecule has 1 heterocycles. The van der Waals surface area contributed by atoms with Crippen LogP contribution >= 0.6 is 11.6 Å². The van der Waals surface area contributed by atoms with Crippen molar-refractivity contribution < 1.29 is 4.39 Å². The Kier molecular flexibility index (Phi) is 3.45. The van der Waals surface area contributed by atoms with Gasteiger partial charge in [-0.25, -0.2) is 4.39 Å². The van der Waals surface area contributed by atoms with Crippen LogP contribution in [0.25, 0.3) is 0 Å². The van der Waals surface area contributed by atoms with Gasteiger partial charge in [-0.15, -0.1) is 0 Å². The second-order valence-electron chi connectivity index (χ2n) is 3.77. The summed E-state index contributed by atoms with van der Waals surface area (Å²) < 4.78 is 14.6. The monoisotopic (exact) mass is 253 g/mol. The summed E-state index contributed by atoms with van der Waals surface area (Å²) in [5.74, 6) is -0.250. The number of halogens is 2. The lowest BCUT2D eigenvalue weighted by Gasteiger charge is -2.17. The highest BCUT2D eigenvalue weighted by Crippen LogP contribution is 2.27. The molecule has 0 amide bonds. The zero-order valence-electron chi connectivity index (χ0n) is 9.61. The first-order chi connectivity index (χ1) is 8.13. The molecule has 0 aliphatic heterocycles. The van der Waals surface area contributed by atoms with Crippen molar-refractivity contribution in [2.75, 3.05) is 7.05 Å². The minimum Gasteiger partial charge on any atom is -0.308 e. The third kappa shape index (κ3) is 2.33. The van der Waals surface area contributed by atoms with Gasteiger partial charge in [-0.3, -0.25) is 4.68 Å². The topological polar surface area (TPSA) is 29.9 Å².